The van der Waals surface area contributed by atoms with Crippen LogP contribution in [0.3, 0.4) is 0 Å². The van der Waals surface area contributed by atoms with Crippen LogP contribution in [0.15, 0.2) is 0 Å². The molecule has 8 heteroatoms. The number of nitrogens with two attached hydrogens (primary N) is 2. The molecule has 0 aliphatic rings. The third kappa shape index (κ3) is 3.15. The van der Waals surface area contributed by atoms with E-state index in [0.29, 0.717) is 18.2 Å². The van der Waals surface area contributed by atoms with Crippen LogP contribution in [0, 0.1) is 0 Å². The van der Waals surface area contributed by atoms with Gasteiger partial charge >= 0.3 is 0 Å². The average molecular weight is 286 g/mol. The molecular weight excluding hydrogens is 268 g/mol. The van der Waals surface area contributed by atoms with Crippen LogP contribution >= 0.6 is 11.3 Å². The number of rotatable bonds is 6. The molecule has 0 saturated carbocycles. The Bertz CT molecular complexity index is 487. The van der Waals surface area contributed by atoms with Crippen LogP contribution in [0.25, 0.3) is 0 Å². The molecule has 0 radical (unpaired) electrons. The summed E-state index contributed by atoms with van der Waals surface area (Å²) in [5.74, 6) is -0.987. The summed E-state index contributed by atoms with van der Waals surface area (Å²) >= 11 is 1.11. The maximum Gasteiger partial charge on any atom is 0.260 e. The molecule has 0 spiro atoms. The van der Waals surface area contributed by atoms with E-state index >= 15 is 0 Å². The molecule has 0 saturated heterocycles. The van der Waals surface area contributed by atoms with Gasteiger partial charge in [-0.05, 0) is 0 Å². The van der Waals surface area contributed by atoms with Crippen LogP contribution in [-0.4, -0.2) is 46.2 Å². The van der Waals surface area contributed by atoms with E-state index in [1.54, 1.807) is 14.2 Å². The number of anilines is 2. The molecule has 0 aromatic carbocycles. The number of ether oxygens (including phenoxy) is 1. The van der Waals surface area contributed by atoms with Gasteiger partial charge in [0, 0.05) is 27.7 Å². The van der Waals surface area contributed by atoms with E-state index in [1.165, 1.54) is 7.05 Å². The topological polar surface area (TPSA) is 111 Å². The number of amides is 2. The normalized spacial score (nSPS) is 10.3. The standard InChI is InChI=1S/C11H18N4O3S/c1-14-10(17)6-7(12)8(9(13)16)19-11(6)15(2)4-5-18-3/h4-5,12H2,1-3H3,(H2,13,16)(H,14,17). The number of primary amides is 1. The van der Waals surface area contributed by atoms with Gasteiger partial charge in [0.1, 0.15) is 9.88 Å². The van der Waals surface area contributed by atoms with Crippen molar-refractivity contribution in [1.29, 1.82) is 0 Å². The van der Waals surface area contributed by atoms with E-state index in [-0.39, 0.29) is 22.0 Å². The van der Waals surface area contributed by atoms with Crippen molar-refractivity contribution in [3.63, 3.8) is 0 Å². The van der Waals surface area contributed by atoms with Crippen molar-refractivity contribution in [2.45, 2.75) is 0 Å². The number of nitrogen functional groups attached to an aromatic ring is 1. The third-order valence-electron chi connectivity index (χ3n) is 2.58. The lowest BCUT2D eigenvalue weighted by molar-refractivity contribution is 0.0964. The largest absolute Gasteiger partial charge is 0.397 e. The number of methoxy groups -OCH3 is 1. The number of carbonyl (C=O) groups is 2. The van der Waals surface area contributed by atoms with Gasteiger partial charge < -0.3 is 26.4 Å². The first-order valence-electron chi connectivity index (χ1n) is 5.58. The van der Waals surface area contributed by atoms with Crippen LogP contribution in [0.2, 0.25) is 0 Å². The molecule has 0 fully saturated rings. The molecule has 106 valence electrons. The first-order chi connectivity index (χ1) is 8.93. The lowest BCUT2D eigenvalue weighted by Gasteiger charge is -2.18. The Kier molecular flexibility index (Phi) is 5.13. The summed E-state index contributed by atoms with van der Waals surface area (Å²) < 4.78 is 4.98. The predicted octanol–water partition coefficient (Wildman–Crippen LogP) is -0.129. The molecule has 7 nitrogen and oxygen atoms in total. The zero-order chi connectivity index (χ0) is 14.6. The molecule has 2 amide bonds. The van der Waals surface area contributed by atoms with Gasteiger partial charge in [-0.25, -0.2) is 0 Å². The van der Waals surface area contributed by atoms with Gasteiger partial charge in [0.05, 0.1) is 17.9 Å². The number of hydrogen-bond acceptors (Lipinski definition) is 6. The number of thiophene rings is 1. The van der Waals surface area contributed by atoms with Crippen LogP contribution in [0.4, 0.5) is 10.7 Å². The fourth-order valence-electron chi connectivity index (χ4n) is 1.56. The van der Waals surface area contributed by atoms with Crippen LogP contribution in [-0.2, 0) is 4.74 Å². The van der Waals surface area contributed by atoms with E-state index in [9.17, 15) is 9.59 Å². The fraction of sp³-hybridized carbons (Fsp3) is 0.455. The summed E-state index contributed by atoms with van der Waals surface area (Å²) in [4.78, 5) is 25.2. The Labute approximate surface area is 115 Å². The molecule has 1 heterocycles. The second kappa shape index (κ2) is 6.39. The molecule has 1 rings (SSSR count). The zero-order valence-electron chi connectivity index (χ0n) is 11.1. The van der Waals surface area contributed by atoms with Crippen molar-refractivity contribution in [3.05, 3.63) is 10.4 Å². The lowest BCUT2D eigenvalue weighted by atomic mass is 10.2. The Hall–Kier alpha value is -1.80. The molecule has 1 aromatic heterocycles. The molecule has 0 aliphatic carbocycles. The molecule has 0 aliphatic heterocycles. The van der Waals surface area contributed by atoms with Crippen molar-refractivity contribution in [3.8, 4) is 0 Å². The van der Waals surface area contributed by atoms with Crippen molar-refractivity contribution in [1.82, 2.24) is 5.32 Å². The number of likely N-dealkylation sites (N-methyl/N-ethyl adjacent to an activating group) is 1. The number of hydrogen-bond donors (Lipinski definition) is 3. The summed E-state index contributed by atoms with van der Waals surface area (Å²) in [5.41, 5.74) is 11.5. The quantitative estimate of drug-likeness (QED) is 0.674. The molecule has 5 N–H and O–H groups in total. The Balaban J connectivity index is 3.24. The monoisotopic (exact) mass is 286 g/mol. The third-order valence-corrected chi connectivity index (χ3v) is 3.92. The van der Waals surface area contributed by atoms with Crippen molar-refractivity contribution < 1.29 is 14.3 Å². The summed E-state index contributed by atoms with van der Waals surface area (Å²) in [6, 6.07) is 0. The highest BCUT2D eigenvalue weighted by molar-refractivity contribution is 7.19. The SMILES string of the molecule is CNC(=O)c1c(N(C)CCOC)sc(C(N)=O)c1N. The zero-order valence-corrected chi connectivity index (χ0v) is 12.0. The molecule has 0 unspecified atom stereocenters. The van der Waals surface area contributed by atoms with Crippen molar-refractivity contribution >= 4 is 33.8 Å². The number of nitrogens with one attached hydrogen (secondary N) is 1. The second-order valence-electron chi connectivity index (χ2n) is 3.88. The molecule has 0 atom stereocenters. The van der Waals surface area contributed by atoms with Gasteiger partial charge in [-0.2, -0.15) is 0 Å². The Morgan fingerprint density at radius 3 is 2.58 bits per heavy atom. The van der Waals surface area contributed by atoms with Gasteiger partial charge in [0.25, 0.3) is 11.8 Å². The van der Waals surface area contributed by atoms with Crippen LogP contribution in [0.1, 0.15) is 20.0 Å². The highest BCUT2D eigenvalue weighted by Crippen LogP contribution is 2.37. The molecular formula is C11H18N4O3S. The predicted molar refractivity (Wildman–Crippen MR) is 75.8 cm³/mol. The summed E-state index contributed by atoms with van der Waals surface area (Å²) in [5, 5.41) is 3.10. The average Bonchev–Trinajstić information content (AvgIpc) is 2.73. The van der Waals surface area contributed by atoms with Gasteiger partial charge in [0.2, 0.25) is 0 Å². The summed E-state index contributed by atoms with van der Waals surface area (Å²) in [6.07, 6.45) is 0. The van der Waals surface area contributed by atoms with Crippen molar-refractivity contribution in [2.24, 2.45) is 5.73 Å². The molecule has 0 bridgehead atoms. The van der Waals surface area contributed by atoms with Gasteiger partial charge in [-0.1, -0.05) is 0 Å². The maximum absolute atomic E-state index is 11.9. The highest BCUT2D eigenvalue weighted by Gasteiger charge is 2.25. The van der Waals surface area contributed by atoms with E-state index in [4.69, 9.17) is 16.2 Å². The minimum absolute atomic E-state index is 0.121. The molecule has 19 heavy (non-hydrogen) atoms. The maximum atomic E-state index is 11.9. The lowest BCUT2D eigenvalue weighted by Crippen LogP contribution is -2.26. The Morgan fingerprint density at radius 1 is 1.47 bits per heavy atom. The highest BCUT2D eigenvalue weighted by atomic mass is 32.1. The van der Waals surface area contributed by atoms with Crippen LogP contribution < -0.4 is 21.7 Å². The van der Waals surface area contributed by atoms with Gasteiger partial charge in [-0.3, -0.25) is 9.59 Å². The minimum atomic E-state index is -0.640. The van der Waals surface area contributed by atoms with Crippen molar-refractivity contribution in [2.75, 3.05) is 45.0 Å². The van der Waals surface area contributed by atoms with Gasteiger partial charge in [0.15, 0.2) is 0 Å². The first-order valence-corrected chi connectivity index (χ1v) is 6.39. The van der Waals surface area contributed by atoms with E-state index in [1.807, 2.05) is 4.90 Å². The smallest absolute Gasteiger partial charge is 0.260 e. The first kappa shape index (κ1) is 15.3. The van der Waals surface area contributed by atoms with Crippen LogP contribution in [0.5, 0.6) is 0 Å². The minimum Gasteiger partial charge on any atom is -0.397 e. The molecule has 1 aromatic rings. The van der Waals surface area contributed by atoms with Gasteiger partial charge in [-0.15, -0.1) is 11.3 Å². The van der Waals surface area contributed by atoms with E-state index in [2.05, 4.69) is 5.32 Å². The summed E-state index contributed by atoms with van der Waals surface area (Å²) in [7, 11) is 4.88. The Morgan fingerprint density at radius 2 is 2.11 bits per heavy atom. The fourth-order valence-corrected chi connectivity index (χ4v) is 2.62. The van der Waals surface area contributed by atoms with E-state index < -0.39 is 5.91 Å². The second-order valence-corrected chi connectivity index (χ2v) is 4.88. The number of carbonyl (C=O) groups excluding carboxylic acids is 2. The number of nitrogens with zero attached hydrogens (tertiary/aromatic N) is 1. The van der Waals surface area contributed by atoms with E-state index in [0.717, 1.165) is 11.3 Å². The summed E-state index contributed by atoms with van der Waals surface area (Å²) in [6.45, 7) is 1.06.